The van der Waals surface area contributed by atoms with E-state index in [4.69, 9.17) is 0 Å². The Balaban J connectivity index is 0.00000196. The molecule has 2 heterocycles. The number of ketones is 1. The van der Waals surface area contributed by atoms with E-state index in [9.17, 15) is 4.79 Å². The molecule has 0 radical (unpaired) electrons. The van der Waals surface area contributed by atoms with Crippen LogP contribution in [-0.4, -0.2) is 16.0 Å². The van der Waals surface area contributed by atoms with Crippen LogP contribution in [0.2, 0.25) is 0 Å². The van der Waals surface area contributed by atoms with E-state index in [2.05, 4.69) is 10.2 Å². The predicted octanol–water partition coefficient (Wildman–Crippen LogP) is 0.713. The van der Waals surface area contributed by atoms with Crippen LogP contribution in [0.1, 0.15) is 16.1 Å². The van der Waals surface area contributed by atoms with Crippen LogP contribution in [0.4, 0.5) is 0 Å². The first-order valence-corrected chi connectivity index (χ1v) is 8.22. The molecule has 0 aliphatic heterocycles. The van der Waals surface area contributed by atoms with Crippen molar-refractivity contribution < 1.29 is 26.3 Å². The highest BCUT2D eigenvalue weighted by Crippen LogP contribution is 2.17. The Kier molecular flexibility index (Phi) is 5.28. The van der Waals surface area contributed by atoms with Crippen molar-refractivity contribution in [2.45, 2.75) is 13.5 Å². The first-order chi connectivity index (χ1) is 12.2. The van der Waals surface area contributed by atoms with Gasteiger partial charge in [0.1, 0.15) is 0 Å². The molecule has 0 bridgehead atoms. The Bertz CT molecular complexity index is 1070. The van der Waals surface area contributed by atoms with Crippen molar-refractivity contribution in [2.24, 2.45) is 0 Å². The Morgan fingerprint density at radius 3 is 2.62 bits per heavy atom. The lowest BCUT2D eigenvalue weighted by Gasteiger charge is -2.02. The predicted molar refractivity (Wildman–Crippen MR) is 97.2 cm³/mol. The molecule has 0 amide bonds. The third-order valence-electron chi connectivity index (χ3n) is 4.26. The lowest BCUT2D eigenvalue weighted by Crippen LogP contribution is -3.00. The molecule has 4 aromatic rings. The van der Waals surface area contributed by atoms with Gasteiger partial charge in [-0.1, -0.05) is 36.4 Å². The van der Waals surface area contributed by atoms with Crippen LogP contribution < -0.4 is 21.5 Å². The number of carbonyl (C=O) groups is 1. The second-order valence-electron chi connectivity index (χ2n) is 6.19. The minimum absolute atomic E-state index is 0. The van der Waals surface area contributed by atoms with Crippen molar-refractivity contribution in [1.29, 1.82) is 0 Å². The number of fused-ring (bicyclic) bond motifs is 1. The van der Waals surface area contributed by atoms with Gasteiger partial charge in [-0.25, -0.2) is 0 Å². The average Bonchev–Trinajstić information content (AvgIpc) is 3.08. The van der Waals surface area contributed by atoms with Gasteiger partial charge in [-0.2, -0.15) is 9.67 Å². The summed E-state index contributed by atoms with van der Waals surface area (Å²) in [4.78, 5) is 12.7. The maximum absolute atomic E-state index is 12.7. The van der Waals surface area contributed by atoms with Gasteiger partial charge in [0.2, 0.25) is 12.3 Å². The molecule has 0 aliphatic rings. The molecule has 2 aromatic heterocycles. The smallest absolute Gasteiger partial charge is 0.227 e. The summed E-state index contributed by atoms with van der Waals surface area (Å²) in [7, 11) is 0. The number of hydrogen-bond acceptors (Lipinski definition) is 2. The number of hydrogen-bond donors (Lipinski definition) is 1. The van der Waals surface area contributed by atoms with E-state index in [1.54, 1.807) is 0 Å². The number of aromatic amines is 1. The highest BCUT2D eigenvalue weighted by Gasteiger charge is 2.14. The zero-order valence-corrected chi connectivity index (χ0v) is 15.9. The van der Waals surface area contributed by atoms with Gasteiger partial charge < -0.3 is 17.0 Å². The molecular formula is C21H18BrN3O. The second-order valence-corrected chi connectivity index (χ2v) is 6.19. The number of benzene rings is 2. The number of H-pyrrole nitrogens is 1. The first-order valence-electron chi connectivity index (χ1n) is 8.22. The van der Waals surface area contributed by atoms with Crippen molar-refractivity contribution >= 4 is 16.6 Å². The van der Waals surface area contributed by atoms with Crippen molar-refractivity contribution in [3.8, 4) is 11.3 Å². The van der Waals surface area contributed by atoms with Gasteiger partial charge in [0, 0.05) is 17.3 Å². The second kappa shape index (κ2) is 7.62. The molecule has 0 saturated heterocycles. The molecule has 26 heavy (non-hydrogen) atoms. The summed E-state index contributed by atoms with van der Waals surface area (Å²) in [6, 6.07) is 19.8. The van der Waals surface area contributed by atoms with E-state index in [1.165, 1.54) is 0 Å². The van der Waals surface area contributed by atoms with Gasteiger partial charge in [-0.15, -0.1) is 0 Å². The van der Waals surface area contributed by atoms with Crippen molar-refractivity contribution in [3.63, 3.8) is 0 Å². The number of Topliss-reactive ketones (excluding diaryl/α,β-unsaturated/α-hetero) is 1. The third-order valence-corrected chi connectivity index (χ3v) is 4.26. The quantitative estimate of drug-likeness (QED) is 0.400. The summed E-state index contributed by atoms with van der Waals surface area (Å²) >= 11 is 0. The van der Waals surface area contributed by atoms with Crippen LogP contribution in [0, 0.1) is 6.92 Å². The lowest BCUT2D eigenvalue weighted by molar-refractivity contribution is -0.682. The summed E-state index contributed by atoms with van der Waals surface area (Å²) in [6.45, 7) is 2.27. The summed E-state index contributed by atoms with van der Waals surface area (Å²) in [5.74, 6) is 0.0890. The Hall–Kier alpha value is -2.79. The van der Waals surface area contributed by atoms with Crippen LogP contribution in [-0.2, 0) is 6.54 Å². The molecule has 1 N–H and O–H groups in total. The number of aromatic nitrogens is 3. The minimum Gasteiger partial charge on any atom is -1.00 e. The highest BCUT2D eigenvalue weighted by atomic mass is 79.9. The van der Waals surface area contributed by atoms with Crippen LogP contribution in [0.15, 0.2) is 73.1 Å². The van der Waals surface area contributed by atoms with E-state index < -0.39 is 0 Å². The molecular weight excluding hydrogens is 390 g/mol. The van der Waals surface area contributed by atoms with Gasteiger partial charge >= 0.3 is 0 Å². The topological polar surface area (TPSA) is 49.6 Å². The molecule has 130 valence electrons. The summed E-state index contributed by atoms with van der Waals surface area (Å²) < 4.78 is 1.90. The Morgan fingerprint density at radius 2 is 1.85 bits per heavy atom. The zero-order chi connectivity index (χ0) is 17.2. The van der Waals surface area contributed by atoms with Gasteiger partial charge in [0.15, 0.2) is 12.4 Å². The van der Waals surface area contributed by atoms with Gasteiger partial charge in [-0.3, -0.25) is 9.89 Å². The standard InChI is InChI=1S/C21H18N3O.BrH/c1-15-11-20(23-22-15)19-7-4-10-24(13-19)14-21(25)18-9-8-16-5-2-3-6-17(16)12-18;/h2-13H,14H2,1H3,(H,22,23);1H/q+1;/p-1. The number of nitrogens with one attached hydrogen (secondary N) is 1. The molecule has 4 nitrogen and oxygen atoms in total. The van der Waals surface area contributed by atoms with Gasteiger partial charge in [0.05, 0.1) is 11.3 Å². The number of aryl methyl sites for hydroxylation is 1. The number of rotatable bonds is 4. The number of halogens is 1. The molecule has 0 aliphatic carbocycles. The van der Waals surface area contributed by atoms with Crippen molar-refractivity contribution in [3.05, 3.63) is 84.3 Å². The third kappa shape index (κ3) is 3.73. The normalized spacial score (nSPS) is 10.5. The molecule has 0 saturated carbocycles. The molecule has 0 fully saturated rings. The number of nitrogens with zero attached hydrogens (tertiary/aromatic N) is 2. The van der Waals surface area contributed by atoms with Crippen LogP contribution in [0.25, 0.3) is 22.0 Å². The Morgan fingerprint density at radius 1 is 1.04 bits per heavy atom. The summed E-state index contributed by atoms with van der Waals surface area (Å²) in [5.41, 5.74) is 3.60. The van der Waals surface area contributed by atoms with Crippen LogP contribution in [0.5, 0.6) is 0 Å². The zero-order valence-electron chi connectivity index (χ0n) is 14.3. The summed E-state index contributed by atoms with van der Waals surface area (Å²) in [6.07, 6.45) is 3.86. The van der Waals surface area contributed by atoms with E-state index in [0.29, 0.717) is 6.54 Å². The monoisotopic (exact) mass is 407 g/mol. The maximum Gasteiger partial charge on any atom is 0.227 e. The molecule has 5 heteroatoms. The molecule has 0 unspecified atom stereocenters. The fraction of sp³-hybridized carbons (Fsp3) is 0.0952. The molecule has 4 rings (SSSR count). The van der Waals surface area contributed by atoms with E-state index in [-0.39, 0.29) is 22.8 Å². The van der Waals surface area contributed by atoms with E-state index in [0.717, 1.165) is 33.3 Å². The highest BCUT2D eigenvalue weighted by molar-refractivity contribution is 5.99. The van der Waals surface area contributed by atoms with Crippen LogP contribution in [0.3, 0.4) is 0 Å². The molecule has 0 spiro atoms. The fourth-order valence-corrected chi connectivity index (χ4v) is 2.96. The number of pyridine rings is 1. The fourth-order valence-electron chi connectivity index (χ4n) is 2.96. The SMILES string of the molecule is Cc1cc(-c2ccc[n+](CC(=O)c3ccc4ccccc4c3)c2)n[nH]1.[Br-]. The van der Waals surface area contributed by atoms with Gasteiger partial charge in [-0.05, 0) is 35.9 Å². The van der Waals surface area contributed by atoms with Crippen LogP contribution >= 0.6 is 0 Å². The van der Waals surface area contributed by atoms with E-state index >= 15 is 0 Å². The summed E-state index contributed by atoms with van der Waals surface area (Å²) in [5, 5.41) is 9.44. The van der Waals surface area contributed by atoms with Gasteiger partial charge in [0.25, 0.3) is 0 Å². The molecule has 0 atom stereocenters. The van der Waals surface area contributed by atoms with E-state index in [1.807, 2.05) is 84.5 Å². The lowest BCUT2D eigenvalue weighted by atomic mass is 10.0. The number of carbonyl (C=O) groups excluding carboxylic acids is 1. The largest absolute Gasteiger partial charge is 1.00 e. The molecule has 2 aromatic carbocycles. The average molecular weight is 408 g/mol. The maximum atomic E-state index is 12.7. The van der Waals surface area contributed by atoms with Crippen molar-refractivity contribution in [1.82, 2.24) is 10.2 Å². The van der Waals surface area contributed by atoms with Crippen molar-refractivity contribution in [2.75, 3.05) is 0 Å². The Labute approximate surface area is 162 Å². The minimum atomic E-state index is 0. The first kappa shape index (κ1) is 18.0.